The van der Waals surface area contributed by atoms with E-state index in [2.05, 4.69) is 25.8 Å². The Hall–Kier alpha value is -1.86. The molecule has 0 aliphatic heterocycles. The van der Waals surface area contributed by atoms with Gasteiger partial charge in [-0.3, -0.25) is 14.2 Å². The van der Waals surface area contributed by atoms with E-state index in [1.807, 2.05) is 6.07 Å². The zero-order valence-electron chi connectivity index (χ0n) is 16.4. The minimum absolute atomic E-state index is 0.0136. The number of aryl methyl sites for hydroxylation is 1. The largest absolute Gasteiger partial charge is 0.359 e. The van der Waals surface area contributed by atoms with Gasteiger partial charge in [-0.05, 0) is 48.8 Å². The lowest BCUT2D eigenvalue weighted by atomic mass is 9.89. The summed E-state index contributed by atoms with van der Waals surface area (Å²) in [4.78, 5) is 35.7. The summed E-state index contributed by atoms with van der Waals surface area (Å²) >= 11 is 3.02. The molecular formula is C21H25N3O2S2. The Morgan fingerprint density at radius 2 is 2.29 bits per heavy atom. The van der Waals surface area contributed by atoms with Crippen LogP contribution in [0.1, 0.15) is 48.1 Å². The number of thioether (sulfide) groups is 1. The summed E-state index contributed by atoms with van der Waals surface area (Å²) in [5, 5.41) is 1.46. The molecule has 0 spiro atoms. The molecule has 3 aromatic heterocycles. The van der Waals surface area contributed by atoms with E-state index in [-0.39, 0.29) is 17.1 Å². The van der Waals surface area contributed by atoms with Crippen LogP contribution in [0.25, 0.3) is 10.2 Å². The van der Waals surface area contributed by atoms with Crippen LogP contribution in [0.2, 0.25) is 0 Å². The fraction of sp³-hybridized carbons (Fsp3) is 0.476. The summed E-state index contributed by atoms with van der Waals surface area (Å²) in [5.74, 6) is 1.26. The molecule has 1 unspecified atom stereocenters. The summed E-state index contributed by atoms with van der Waals surface area (Å²) in [6.45, 7) is 7.08. The number of aromatic nitrogens is 3. The quantitative estimate of drug-likeness (QED) is 0.365. The van der Waals surface area contributed by atoms with Crippen molar-refractivity contribution in [3.8, 4) is 0 Å². The molecule has 0 aromatic carbocycles. The predicted molar refractivity (Wildman–Crippen MR) is 116 cm³/mol. The van der Waals surface area contributed by atoms with Gasteiger partial charge in [0, 0.05) is 17.6 Å². The number of fused-ring (bicyclic) bond motifs is 3. The predicted octanol–water partition coefficient (Wildman–Crippen LogP) is 4.54. The Bertz CT molecular complexity index is 1060. The average molecular weight is 416 g/mol. The molecular weight excluding hydrogens is 390 g/mol. The molecule has 5 nitrogen and oxygen atoms in total. The SMILES string of the molecule is CC(C)Cn1c(SCC(=O)c2ccc[nH]2)nc2sc3c(c2c1=O)CCC(C)C3. The normalized spacial score (nSPS) is 16.6. The number of carbonyl (C=O) groups excluding carboxylic acids is 1. The number of nitrogens with zero attached hydrogens (tertiary/aromatic N) is 2. The van der Waals surface area contributed by atoms with Crippen molar-refractivity contribution in [2.45, 2.75) is 51.7 Å². The first-order valence-electron chi connectivity index (χ1n) is 9.78. The van der Waals surface area contributed by atoms with Crippen LogP contribution in [-0.2, 0) is 19.4 Å². The molecule has 1 aliphatic carbocycles. The minimum Gasteiger partial charge on any atom is -0.359 e. The zero-order chi connectivity index (χ0) is 19.8. The van der Waals surface area contributed by atoms with Gasteiger partial charge in [0.1, 0.15) is 4.83 Å². The van der Waals surface area contributed by atoms with E-state index in [9.17, 15) is 9.59 Å². The van der Waals surface area contributed by atoms with E-state index in [1.165, 1.54) is 22.2 Å². The van der Waals surface area contributed by atoms with Crippen LogP contribution in [0, 0.1) is 11.8 Å². The lowest BCUT2D eigenvalue weighted by Crippen LogP contribution is -2.26. The Balaban J connectivity index is 1.74. The maximum Gasteiger partial charge on any atom is 0.263 e. The van der Waals surface area contributed by atoms with Crippen LogP contribution in [0.15, 0.2) is 28.3 Å². The molecule has 3 heterocycles. The first-order valence-corrected chi connectivity index (χ1v) is 11.6. The van der Waals surface area contributed by atoms with Gasteiger partial charge in [0.2, 0.25) is 0 Å². The number of ketones is 1. The summed E-state index contributed by atoms with van der Waals surface area (Å²) in [6, 6.07) is 3.59. The van der Waals surface area contributed by atoms with E-state index >= 15 is 0 Å². The molecule has 0 fully saturated rings. The molecule has 0 bridgehead atoms. The van der Waals surface area contributed by atoms with Crippen molar-refractivity contribution in [1.29, 1.82) is 0 Å². The average Bonchev–Trinajstić information content (AvgIpc) is 3.29. The van der Waals surface area contributed by atoms with Gasteiger partial charge in [-0.15, -0.1) is 11.3 Å². The third kappa shape index (κ3) is 3.70. The standard InChI is InChI=1S/C21H25N3O2S2/c1-12(2)10-24-20(26)18-14-7-6-13(3)9-17(14)28-19(18)23-21(24)27-11-16(25)15-5-4-8-22-15/h4-5,8,12-13,22H,6-7,9-11H2,1-3H3. The van der Waals surface area contributed by atoms with Crippen molar-refractivity contribution in [1.82, 2.24) is 14.5 Å². The van der Waals surface area contributed by atoms with Crippen LogP contribution in [0.3, 0.4) is 0 Å². The van der Waals surface area contributed by atoms with Gasteiger partial charge < -0.3 is 4.98 Å². The number of carbonyl (C=O) groups is 1. The van der Waals surface area contributed by atoms with Gasteiger partial charge in [-0.1, -0.05) is 32.5 Å². The van der Waals surface area contributed by atoms with E-state index < -0.39 is 0 Å². The highest BCUT2D eigenvalue weighted by Crippen LogP contribution is 2.36. The molecule has 1 N–H and O–H groups in total. The first kappa shape index (κ1) is 19.5. The van der Waals surface area contributed by atoms with Crippen molar-refractivity contribution < 1.29 is 4.79 Å². The van der Waals surface area contributed by atoms with E-state index in [0.717, 1.165) is 29.5 Å². The summed E-state index contributed by atoms with van der Waals surface area (Å²) in [7, 11) is 0. The molecule has 0 amide bonds. The summed E-state index contributed by atoms with van der Waals surface area (Å²) in [6.07, 6.45) is 4.87. The number of H-pyrrole nitrogens is 1. The highest BCUT2D eigenvalue weighted by molar-refractivity contribution is 7.99. The van der Waals surface area contributed by atoms with E-state index in [4.69, 9.17) is 4.98 Å². The molecule has 7 heteroatoms. The maximum atomic E-state index is 13.4. The van der Waals surface area contributed by atoms with Crippen molar-refractivity contribution in [3.63, 3.8) is 0 Å². The van der Waals surface area contributed by atoms with Gasteiger partial charge in [0.05, 0.1) is 16.8 Å². The fourth-order valence-electron chi connectivity index (χ4n) is 3.75. The molecule has 148 valence electrons. The Kier molecular flexibility index (Phi) is 5.47. The maximum absolute atomic E-state index is 13.4. The van der Waals surface area contributed by atoms with Crippen LogP contribution in [-0.4, -0.2) is 26.1 Å². The second-order valence-electron chi connectivity index (χ2n) is 8.03. The zero-order valence-corrected chi connectivity index (χ0v) is 18.1. The van der Waals surface area contributed by atoms with Gasteiger partial charge >= 0.3 is 0 Å². The molecule has 3 aromatic rings. The molecule has 28 heavy (non-hydrogen) atoms. The molecule has 0 saturated heterocycles. The van der Waals surface area contributed by atoms with Crippen LogP contribution >= 0.6 is 23.1 Å². The second kappa shape index (κ2) is 7.87. The Morgan fingerprint density at radius 1 is 1.46 bits per heavy atom. The highest BCUT2D eigenvalue weighted by atomic mass is 32.2. The topological polar surface area (TPSA) is 67.8 Å². The number of Topliss-reactive ketones (excluding diaryl/α,β-unsaturated/α-hetero) is 1. The molecule has 1 aliphatic rings. The number of hydrogen-bond acceptors (Lipinski definition) is 5. The van der Waals surface area contributed by atoms with Gasteiger partial charge in [0.25, 0.3) is 5.56 Å². The van der Waals surface area contributed by atoms with Crippen LogP contribution in [0.4, 0.5) is 0 Å². The number of nitrogens with one attached hydrogen (secondary N) is 1. The second-order valence-corrected chi connectivity index (χ2v) is 10.1. The first-order chi connectivity index (χ1) is 13.4. The molecule has 4 rings (SSSR count). The Labute approximate surface area is 172 Å². The van der Waals surface area contributed by atoms with Crippen molar-refractivity contribution in [2.75, 3.05) is 5.75 Å². The summed E-state index contributed by atoms with van der Waals surface area (Å²) < 4.78 is 1.78. The van der Waals surface area contributed by atoms with E-state index in [1.54, 1.807) is 28.2 Å². The van der Waals surface area contributed by atoms with Gasteiger partial charge in [-0.25, -0.2) is 4.98 Å². The number of rotatable bonds is 6. The van der Waals surface area contributed by atoms with E-state index in [0.29, 0.717) is 29.2 Å². The smallest absolute Gasteiger partial charge is 0.263 e. The monoisotopic (exact) mass is 415 g/mol. The highest BCUT2D eigenvalue weighted by Gasteiger charge is 2.25. The van der Waals surface area contributed by atoms with Crippen molar-refractivity contribution in [3.05, 3.63) is 44.8 Å². The van der Waals surface area contributed by atoms with Crippen LogP contribution in [0.5, 0.6) is 0 Å². The van der Waals surface area contributed by atoms with Gasteiger partial charge in [-0.2, -0.15) is 0 Å². The van der Waals surface area contributed by atoms with Crippen molar-refractivity contribution in [2.24, 2.45) is 11.8 Å². The lowest BCUT2D eigenvalue weighted by molar-refractivity contribution is 0.101. The summed E-state index contributed by atoms with van der Waals surface area (Å²) in [5.41, 5.74) is 1.86. The molecule has 1 atom stereocenters. The molecule has 0 saturated carbocycles. The van der Waals surface area contributed by atoms with Crippen molar-refractivity contribution >= 4 is 39.1 Å². The van der Waals surface area contributed by atoms with Gasteiger partial charge in [0.15, 0.2) is 10.9 Å². The third-order valence-corrected chi connectivity index (χ3v) is 7.28. The number of aromatic amines is 1. The fourth-order valence-corrected chi connectivity index (χ4v) is 6.07. The number of hydrogen-bond donors (Lipinski definition) is 1. The lowest BCUT2D eigenvalue weighted by Gasteiger charge is -2.18. The minimum atomic E-state index is 0.0136. The number of thiophene rings is 1. The van der Waals surface area contributed by atoms with Crippen LogP contribution < -0.4 is 5.56 Å². The third-order valence-electron chi connectivity index (χ3n) is 5.16. The molecule has 0 radical (unpaired) electrons. The Morgan fingerprint density at radius 3 is 3.00 bits per heavy atom.